The lowest BCUT2D eigenvalue weighted by Crippen LogP contribution is -2.41. The summed E-state index contributed by atoms with van der Waals surface area (Å²) in [6.45, 7) is 10.9. The summed E-state index contributed by atoms with van der Waals surface area (Å²) in [6.07, 6.45) is 0.718. The lowest BCUT2D eigenvalue weighted by atomic mass is 9.79. The molecule has 0 bridgehead atoms. The van der Waals surface area contributed by atoms with E-state index in [1.54, 1.807) is 0 Å². The monoisotopic (exact) mass is 303 g/mol. The Morgan fingerprint density at radius 3 is 2.23 bits per heavy atom. The first-order chi connectivity index (χ1) is 10.3. The third kappa shape index (κ3) is 3.09. The van der Waals surface area contributed by atoms with Gasteiger partial charge in [-0.2, -0.15) is 0 Å². The Kier molecular flexibility index (Phi) is 4.10. The maximum atomic E-state index is 9.59. The molecule has 1 aromatic rings. The minimum atomic E-state index is -0.304. The average molecular weight is 303 g/mol. The van der Waals surface area contributed by atoms with Gasteiger partial charge in [-0.25, -0.2) is 0 Å². The van der Waals surface area contributed by atoms with Crippen LogP contribution in [0.3, 0.4) is 0 Å². The molecule has 2 saturated heterocycles. The number of aliphatic hydroxyl groups is 1. The summed E-state index contributed by atoms with van der Waals surface area (Å²) in [4.78, 5) is 2.29. The molecule has 22 heavy (non-hydrogen) atoms. The lowest BCUT2D eigenvalue weighted by Gasteiger charge is -2.32. The zero-order valence-corrected chi connectivity index (χ0v) is 14.0. The summed E-state index contributed by atoms with van der Waals surface area (Å²) in [5.41, 5.74) is 1.71. The van der Waals surface area contributed by atoms with E-state index in [0.717, 1.165) is 31.5 Å². The fraction of sp³-hybridized carbons (Fsp3) is 0.647. The summed E-state index contributed by atoms with van der Waals surface area (Å²) in [5.74, 6) is 0. The zero-order valence-electron chi connectivity index (χ0n) is 14.0. The van der Waals surface area contributed by atoms with Crippen molar-refractivity contribution < 1.29 is 14.4 Å². The van der Waals surface area contributed by atoms with Gasteiger partial charge in [0.05, 0.1) is 17.3 Å². The Morgan fingerprint density at radius 1 is 1.14 bits per heavy atom. The number of rotatable bonds is 3. The summed E-state index contributed by atoms with van der Waals surface area (Å²) >= 11 is 0. The van der Waals surface area contributed by atoms with Crippen LogP contribution in [-0.2, 0) is 15.9 Å². The van der Waals surface area contributed by atoms with Gasteiger partial charge in [-0.15, -0.1) is 0 Å². The number of hydrogen-bond donors (Lipinski definition) is 1. The average Bonchev–Trinajstić information content (AvgIpc) is 2.92. The van der Waals surface area contributed by atoms with Gasteiger partial charge in [-0.3, -0.25) is 4.90 Å². The Labute approximate surface area is 133 Å². The Hall–Kier alpha value is -0.875. The van der Waals surface area contributed by atoms with Crippen LogP contribution in [0.1, 0.15) is 39.7 Å². The molecule has 5 heteroatoms. The van der Waals surface area contributed by atoms with E-state index in [1.165, 1.54) is 5.56 Å². The van der Waals surface area contributed by atoms with Crippen molar-refractivity contribution >= 4 is 12.6 Å². The first kappa shape index (κ1) is 16.0. The first-order valence-corrected chi connectivity index (χ1v) is 8.12. The van der Waals surface area contributed by atoms with Gasteiger partial charge in [-0.05, 0) is 45.1 Å². The van der Waals surface area contributed by atoms with Crippen LogP contribution in [0, 0.1) is 0 Å². The number of likely N-dealkylation sites (tertiary alicyclic amines) is 1. The highest BCUT2D eigenvalue weighted by Gasteiger charge is 2.51. The highest BCUT2D eigenvalue weighted by atomic mass is 16.7. The minimum Gasteiger partial charge on any atom is -0.399 e. The molecule has 3 rings (SSSR count). The van der Waals surface area contributed by atoms with Gasteiger partial charge in [0, 0.05) is 19.6 Å². The molecular formula is C17H26BNO3. The molecule has 1 aromatic carbocycles. The number of hydrogen-bond acceptors (Lipinski definition) is 4. The van der Waals surface area contributed by atoms with Crippen molar-refractivity contribution in [1.29, 1.82) is 0 Å². The predicted octanol–water partition coefficient (Wildman–Crippen LogP) is 1.55. The van der Waals surface area contributed by atoms with Gasteiger partial charge in [-0.1, -0.05) is 24.3 Å². The van der Waals surface area contributed by atoms with Crippen LogP contribution < -0.4 is 5.46 Å². The van der Waals surface area contributed by atoms with Crippen LogP contribution in [0.4, 0.5) is 0 Å². The summed E-state index contributed by atoms with van der Waals surface area (Å²) < 4.78 is 12.1. The topological polar surface area (TPSA) is 41.9 Å². The van der Waals surface area contributed by atoms with E-state index in [9.17, 15) is 5.11 Å². The van der Waals surface area contributed by atoms with Gasteiger partial charge in [0.25, 0.3) is 0 Å². The third-order valence-corrected chi connectivity index (χ3v) is 5.16. The minimum absolute atomic E-state index is 0.163. The molecule has 1 atom stereocenters. The number of benzene rings is 1. The third-order valence-electron chi connectivity index (χ3n) is 5.16. The standard InChI is InChI=1S/C17H26BNO3/c1-16(2)17(3,4)22-18(21-16)14-7-5-13(6-8-14)11-19-10-9-15(20)12-19/h5-8,15,20H,9-12H2,1-4H3/t15-/m1/s1. The maximum Gasteiger partial charge on any atom is 0.494 e. The van der Waals surface area contributed by atoms with E-state index in [2.05, 4.69) is 56.9 Å². The second-order valence-corrected chi connectivity index (χ2v) is 7.51. The van der Waals surface area contributed by atoms with Crippen molar-refractivity contribution in [2.75, 3.05) is 13.1 Å². The van der Waals surface area contributed by atoms with Crippen LogP contribution in [0.5, 0.6) is 0 Å². The Bertz CT molecular complexity index is 513. The largest absolute Gasteiger partial charge is 0.494 e. The predicted molar refractivity (Wildman–Crippen MR) is 88.1 cm³/mol. The molecule has 0 aromatic heterocycles. The van der Waals surface area contributed by atoms with Crippen LogP contribution in [-0.4, -0.2) is 47.5 Å². The summed E-state index contributed by atoms with van der Waals surface area (Å²) in [6, 6.07) is 8.43. The Morgan fingerprint density at radius 2 is 1.73 bits per heavy atom. The van der Waals surface area contributed by atoms with E-state index in [-0.39, 0.29) is 24.4 Å². The zero-order chi connectivity index (χ0) is 16.0. The number of nitrogens with zero attached hydrogens (tertiary/aromatic N) is 1. The first-order valence-electron chi connectivity index (χ1n) is 8.12. The fourth-order valence-corrected chi connectivity index (χ4v) is 2.97. The molecule has 2 fully saturated rings. The lowest BCUT2D eigenvalue weighted by molar-refractivity contribution is 0.00578. The van der Waals surface area contributed by atoms with E-state index in [0.29, 0.717) is 0 Å². The molecule has 4 nitrogen and oxygen atoms in total. The maximum absolute atomic E-state index is 9.59. The molecule has 0 saturated carbocycles. The summed E-state index contributed by atoms with van der Waals surface area (Å²) in [5, 5.41) is 9.59. The van der Waals surface area contributed by atoms with Crippen LogP contribution >= 0.6 is 0 Å². The molecule has 0 amide bonds. The SMILES string of the molecule is CC1(C)OB(c2ccc(CN3CC[C@@H](O)C3)cc2)OC1(C)C. The van der Waals surface area contributed by atoms with Gasteiger partial charge < -0.3 is 14.4 Å². The Balaban J connectivity index is 1.65. The van der Waals surface area contributed by atoms with Crippen molar-refractivity contribution in [1.82, 2.24) is 4.90 Å². The molecule has 2 heterocycles. The van der Waals surface area contributed by atoms with E-state index in [1.807, 2.05) is 0 Å². The molecule has 2 aliphatic heterocycles. The van der Waals surface area contributed by atoms with Gasteiger partial charge in [0.15, 0.2) is 0 Å². The van der Waals surface area contributed by atoms with Crippen LogP contribution in [0.25, 0.3) is 0 Å². The van der Waals surface area contributed by atoms with Gasteiger partial charge >= 0.3 is 7.12 Å². The molecule has 120 valence electrons. The second kappa shape index (κ2) is 5.64. The van der Waals surface area contributed by atoms with Crippen molar-refractivity contribution in [3.8, 4) is 0 Å². The number of aliphatic hydroxyl groups excluding tert-OH is 1. The van der Waals surface area contributed by atoms with E-state index in [4.69, 9.17) is 9.31 Å². The number of β-amino-alcohol motifs (C(OH)–C–C–N with tert-alkyl or cyclic N) is 1. The van der Waals surface area contributed by atoms with Crippen LogP contribution in [0.15, 0.2) is 24.3 Å². The van der Waals surface area contributed by atoms with Crippen molar-refractivity contribution in [3.05, 3.63) is 29.8 Å². The highest BCUT2D eigenvalue weighted by Crippen LogP contribution is 2.36. The molecule has 1 N–H and O–H groups in total. The van der Waals surface area contributed by atoms with Crippen molar-refractivity contribution in [3.63, 3.8) is 0 Å². The normalized spacial score (nSPS) is 27.5. The molecule has 2 aliphatic rings. The van der Waals surface area contributed by atoms with Gasteiger partial charge in [0.2, 0.25) is 0 Å². The quantitative estimate of drug-likeness (QED) is 0.860. The smallest absolute Gasteiger partial charge is 0.399 e. The molecule has 0 unspecified atom stereocenters. The fourth-order valence-electron chi connectivity index (χ4n) is 2.97. The van der Waals surface area contributed by atoms with Crippen molar-refractivity contribution in [2.45, 2.75) is 58.0 Å². The van der Waals surface area contributed by atoms with E-state index < -0.39 is 0 Å². The second-order valence-electron chi connectivity index (χ2n) is 7.51. The van der Waals surface area contributed by atoms with Gasteiger partial charge in [0.1, 0.15) is 0 Å². The molecule has 0 spiro atoms. The highest BCUT2D eigenvalue weighted by molar-refractivity contribution is 6.62. The van der Waals surface area contributed by atoms with Crippen LogP contribution in [0.2, 0.25) is 0 Å². The molecule has 0 radical (unpaired) electrons. The molecule has 0 aliphatic carbocycles. The summed E-state index contributed by atoms with van der Waals surface area (Å²) in [7, 11) is -0.298. The van der Waals surface area contributed by atoms with Crippen molar-refractivity contribution in [2.24, 2.45) is 0 Å². The van der Waals surface area contributed by atoms with E-state index >= 15 is 0 Å². The molecular weight excluding hydrogens is 277 g/mol.